The van der Waals surface area contributed by atoms with Gasteiger partial charge in [-0.15, -0.1) is 11.8 Å². The Bertz CT molecular complexity index is 431. The quantitative estimate of drug-likeness (QED) is 0.754. The Morgan fingerprint density at radius 1 is 1.32 bits per heavy atom. The van der Waals surface area contributed by atoms with Gasteiger partial charge in [-0.3, -0.25) is 9.59 Å². The van der Waals surface area contributed by atoms with Gasteiger partial charge in [0.2, 0.25) is 0 Å². The summed E-state index contributed by atoms with van der Waals surface area (Å²) in [6.07, 6.45) is 3.44. The van der Waals surface area contributed by atoms with Crippen LogP contribution in [0.2, 0.25) is 0 Å². The number of thioether (sulfide) groups is 1. The molecule has 1 aromatic carbocycles. The van der Waals surface area contributed by atoms with E-state index in [0.717, 1.165) is 11.3 Å². The second-order valence-corrected chi connectivity index (χ2v) is 5.17. The number of nitrogens with one attached hydrogen (secondary N) is 1. The van der Waals surface area contributed by atoms with Gasteiger partial charge in [0.1, 0.15) is 0 Å². The molecule has 1 amide bonds. The molecule has 19 heavy (non-hydrogen) atoms. The first-order chi connectivity index (χ1) is 9.06. The van der Waals surface area contributed by atoms with E-state index in [1.807, 2.05) is 25.3 Å². The molecule has 1 aromatic rings. The van der Waals surface area contributed by atoms with Crippen molar-refractivity contribution >= 4 is 23.6 Å². The van der Waals surface area contributed by atoms with Crippen molar-refractivity contribution in [2.24, 2.45) is 0 Å². The molecular weight excluding hydrogens is 262 g/mol. The van der Waals surface area contributed by atoms with Gasteiger partial charge in [-0.05, 0) is 36.9 Å². The van der Waals surface area contributed by atoms with Gasteiger partial charge in [-0.1, -0.05) is 13.3 Å². The monoisotopic (exact) mass is 281 g/mol. The van der Waals surface area contributed by atoms with E-state index in [-0.39, 0.29) is 18.4 Å². The molecule has 1 atom stereocenters. The predicted molar refractivity (Wildman–Crippen MR) is 76.6 cm³/mol. The molecule has 4 nitrogen and oxygen atoms in total. The van der Waals surface area contributed by atoms with Gasteiger partial charge in [-0.2, -0.15) is 0 Å². The molecule has 0 bridgehead atoms. The van der Waals surface area contributed by atoms with Crippen LogP contribution in [0.4, 0.5) is 0 Å². The van der Waals surface area contributed by atoms with Crippen LogP contribution in [0.15, 0.2) is 29.2 Å². The molecule has 0 aromatic heterocycles. The minimum absolute atomic E-state index is 0.0392. The molecular formula is C14H19NO3S. The number of hydrogen-bond acceptors (Lipinski definition) is 3. The third kappa shape index (κ3) is 5.34. The van der Waals surface area contributed by atoms with Gasteiger partial charge in [-0.25, -0.2) is 0 Å². The first kappa shape index (κ1) is 15.6. The average Bonchev–Trinajstić information content (AvgIpc) is 2.38. The van der Waals surface area contributed by atoms with Crippen LogP contribution in [-0.2, 0) is 4.79 Å². The molecule has 0 fully saturated rings. The zero-order chi connectivity index (χ0) is 14.3. The van der Waals surface area contributed by atoms with E-state index in [9.17, 15) is 9.59 Å². The molecule has 0 spiro atoms. The smallest absolute Gasteiger partial charge is 0.305 e. The van der Waals surface area contributed by atoms with Crippen molar-refractivity contribution in [2.45, 2.75) is 37.1 Å². The largest absolute Gasteiger partial charge is 0.481 e. The molecule has 1 rings (SSSR count). The third-order valence-electron chi connectivity index (χ3n) is 2.75. The average molecular weight is 281 g/mol. The summed E-state index contributed by atoms with van der Waals surface area (Å²) in [6, 6.07) is 6.96. The molecule has 1 unspecified atom stereocenters. The standard InChI is InChI=1S/C14H19NO3S/c1-3-4-11(9-13(16)17)15-14(18)10-5-7-12(19-2)8-6-10/h5-8,11H,3-4,9H2,1-2H3,(H,15,18)(H,16,17). The highest BCUT2D eigenvalue weighted by Crippen LogP contribution is 2.15. The number of carboxylic acids is 1. The van der Waals surface area contributed by atoms with Crippen LogP contribution in [-0.4, -0.2) is 29.3 Å². The van der Waals surface area contributed by atoms with Gasteiger partial charge >= 0.3 is 5.97 Å². The molecule has 0 saturated heterocycles. The van der Waals surface area contributed by atoms with Crippen LogP contribution in [0.5, 0.6) is 0 Å². The van der Waals surface area contributed by atoms with Crippen molar-refractivity contribution in [3.8, 4) is 0 Å². The number of rotatable bonds is 7. The predicted octanol–water partition coefficient (Wildman–Crippen LogP) is 2.78. The Kier molecular flexibility index (Phi) is 6.42. The minimum atomic E-state index is -0.892. The lowest BCUT2D eigenvalue weighted by molar-refractivity contribution is -0.137. The number of carboxylic acid groups (broad SMARTS) is 1. The number of carbonyl (C=O) groups is 2. The molecule has 5 heteroatoms. The summed E-state index contributed by atoms with van der Waals surface area (Å²) in [6.45, 7) is 1.97. The molecule has 0 aliphatic carbocycles. The van der Waals surface area contributed by atoms with Crippen LogP contribution in [0.1, 0.15) is 36.5 Å². The highest BCUT2D eigenvalue weighted by atomic mass is 32.2. The van der Waals surface area contributed by atoms with Crippen molar-refractivity contribution in [1.82, 2.24) is 5.32 Å². The van der Waals surface area contributed by atoms with Crippen molar-refractivity contribution in [1.29, 1.82) is 0 Å². The fourth-order valence-corrected chi connectivity index (χ4v) is 2.20. The maximum atomic E-state index is 12.0. The van der Waals surface area contributed by atoms with Gasteiger partial charge in [0.05, 0.1) is 6.42 Å². The van der Waals surface area contributed by atoms with Gasteiger partial charge in [0, 0.05) is 16.5 Å². The third-order valence-corrected chi connectivity index (χ3v) is 3.49. The SMILES string of the molecule is CCCC(CC(=O)O)NC(=O)c1ccc(SC)cc1. The van der Waals surface area contributed by atoms with Crippen LogP contribution in [0.25, 0.3) is 0 Å². The number of hydrogen-bond donors (Lipinski definition) is 2. The summed E-state index contributed by atoms with van der Waals surface area (Å²) in [5, 5.41) is 11.6. The maximum Gasteiger partial charge on any atom is 0.305 e. The van der Waals surface area contributed by atoms with E-state index in [4.69, 9.17) is 5.11 Å². The molecule has 0 heterocycles. The topological polar surface area (TPSA) is 66.4 Å². The van der Waals surface area contributed by atoms with Crippen LogP contribution < -0.4 is 5.32 Å². The lowest BCUT2D eigenvalue weighted by Gasteiger charge is -2.16. The summed E-state index contributed by atoms with van der Waals surface area (Å²) in [5.74, 6) is -1.11. The summed E-state index contributed by atoms with van der Waals surface area (Å²) in [4.78, 5) is 23.8. The van der Waals surface area contributed by atoms with Gasteiger partial charge in [0.25, 0.3) is 5.91 Å². The van der Waals surface area contributed by atoms with Crippen LogP contribution >= 0.6 is 11.8 Å². The van der Waals surface area contributed by atoms with E-state index >= 15 is 0 Å². The highest BCUT2D eigenvalue weighted by molar-refractivity contribution is 7.98. The van der Waals surface area contributed by atoms with E-state index in [0.29, 0.717) is 12.0 Å². The van der Waals surface area contributed by atoms with E-state index in [2.05, 4.69) is 5.32 Å². The summed E-state index contributed by atoms with van der Waals surface area (Å²) < 4.78 is 0. The molecule has 0 aliphatic heterocycles. The van der Waals surface area contributed by atoms with E-state index < -0.39 is 5.97 Å². The number of aliphatic carboxylic acids is 1. The summed E-state index contributed by atoms with van der Waals surface area (Å²) in [7, 11) is 0. The molecule has 0 saturated carbocycles. The molecule has 2 N–H and O–H groups in total. The Balaban J connectivity index is 2.66. The maximum absolute atomic E-state index is 12.0. The van der Waals surface area contributed by atoms with Crippen LogP contribution in [0.3, 0.4) is 0 Å². The normalized spacial score (nSPS) is 11.9. The first-order valence-electron chi connectivity index (χ1n) is 6.23. The summed E-state index contributed by atoms with van der Waals surface area (Å²) >= 11 is 1.61. The van der Waals surface area contributed by atoms with E-state index in [1.165, 1.54) is 0 Å². The first-order valence-corrected chi connectivity index (χ1v) is 7.46. The Labute approximate surface area is 117 Å². The zero-order valence-electron chi connectivity index (χ0n) is 11.2. The van der Waals surface area contributed by atoms with Crippen molar-refractivity contribution in [2.75, 3.05) is 6.26 Å². The lowest BCUT2D eigenvalue weighted by atomic mass is 10.1. The highest BCUT2D eigenvalue weighted by Gasteiger charge is 2.16. The van der Waals surface area contributed by atoms with Gasteiger partial charge in [0.15, 0.2) is 0 Å². The number of carbonyl (C=O) groups excluding carboxylic acids is 1. The van der Waals surface area contributed by atoms with Crippen molar-refractivity contribution in [3.05, 3.63) is 29.8 Å². The van der Waals surface area contributed by atoms with Crippen molar-refractivity contribution in [3.63, 3.8) is 0 Å². The Morgan fingerprint density at radius 2 is 1.95 bits per heavy atom. The molecule has 0 radical (unpaired) electrons. The molecule has 104 valence electrons. The van der Waals surface area contributed by atoms with Gasteiger partial charge < -0.3 is 10.4 Å². The zero-order valence-corrected chi connectivity index (χ0v) is 12.0. The second-order valence-electron chi connectivity index (χ2n) is 4.29. The second kappa shape index (κ2) is 7.84. The fraction of sp³-hybridized carbons (Fsp3) is 0.429. The van der Waals surface area contributed by atoms with E-state index in [1.54, 1.807) is 23.9 Å². The Morgan fingerprint density at radius 3 is 2.42 bits per heavy atom. The molecule has 0 aliphatic rings. The summed E-state index contributed by atoms with van der Waals surface area (Å²) in [5.41, 5.74) is 0.560. The van der Waals surface area contributed by atoms with Crippen LogP contribution in [0, 0.1) is 0 Å². The number of amides is 1. The van der Waals surface area contributed by atoms with Crippen molar-refractivity contribution < 1.29 is 14.7 Å². The minimum Gasteiger partial charge on any atom is -0.481 e. The number of benzene rings is 1. The Hall–Kier alpha value is -1.49. The fourth-order valence-electron chi connectivity index (χ4n) is 1.80. The lowest BCUT2D eigenvalue weighted by Crippen LogP contribution is -2.36.